The van der Waals surface area contributed by atoms with Gasteiger partial charge in [-0.3, -0.25) is 4.79 Å². The minimum absolute atomic E-state index is 0.0354. The summed E-state index contributed by atoms with van der Waals surface area (Å²) in [6.45, 7) is 2.94. The highest BCUT2D eigenvalue weighted by atomic mass is 16.5. The van der Waals surface area contributed by atoms with E-state index >= 15 is 0 Å². The second kappa shape index (κ2) is 8.47. The first kappa shape index (κ1) is 19.2. The Hall–Kier alpha value is -3.15. The van der Waals surface area contributed by atoms with Gasteiger partial charge in [0.1, 0.15) is 5.75 Å². The monoisotopic (exact) mass is 391 g/mol. The van der Waals surface area contributed by atoms with Crippen molar-refractivity contribution in [3.8, 4) is 28.6 Å². The van der Waals surface area contributed by atoms with Gasteiger partial charge in [0.15, 0.2) is 0 Å². The Kier molecular flexibility index (Phi) is 5.60. The Morgan fingerprint density at radius 1 is 1.21 bits per heavy atom. The van der Waals surface area contributed by atoms with Crippen LogP contribution in [0.25, 0.3) is 22.8 Å². The molecule has 1 amide bonds. The number of hydrogen-bond acceptors (Lipinski definition) is 5. The van der Waals surface area contributed by atoms with Gasteiger partial charge in [0.05, 0.1) is 18.2 Å². The molecule has 150 valence electrons. The Labute approximate surface area is 170 Å². The number of carbonyl (C=O) groups is 1. The topological polar surface area (TPSA) is 68.5 Å². The number of amides is 1. The van der Waals surface area contributed by atoms with E-state index in [-0.39, 0.29) is 5.91 Å². The average molecular weight is 391 g/mol. The first-order valence-electron chi connectivity index (χ1n) is 10.1. The first-order chi connectivity index (χ1) is 14.2. The number of nitrogens with zero attached hydrogens (tertiary/aromatic N) is 3. The van der Waals surface area contributed by atoms with Crippen LogP contribution in [-0.4, -0.2) is 40.6 Å². The van der Waals surface area contributed by atoms with Gasteiger partial charge >= 0.3 is 0 Å². The van der Waals surface area contributed by atoms with E-state index in [0.29, 0.717) is 28.9 Å². The average Bonchev–Trinajstić information content (AvgIpc) is 3.29. The van der Waals surface area contributed by atoms with Crippen molar-refractivity contribution in [2.45, 2.75) is 38.6 Å². The molecule has 0 aliphatic carbocycles. The molecule has 1 atom stereocenters. The Morgan fingerprint density at radius 2 is 2.07 bits per heavy atom. The van der Waals surface area contributed by atoms with Gasteiger partial charge in [-0.15, -0.1) is 0 Å². The molecule has 2 heterocycles. The van der Waals surface area contributed by atoms with Crippen LogP contribution in [0.3, 0.4) is 0 Å². The number of rotatable bonds is 5. The van der Waals surface area contributed by atoms with Gasteiger partial charge in [-0.2, -0.15) is 4.98 Å². The highest BCUT2D eigenvalue weighted by Gasteiger charge is 2.28. The van der Waals surface area contributed by atoms with E-state index in [2.05, 4.69) is 17.1 Å². The second-order valence-electron chi connectivity index (χ2n) is 7.26. The predicted molar refractivity (Wildman–Crippen MR) is 111 cm³/mol. The van der Waals surface area contributed by atoms with Crippen LogP contribution in [0.15, 0.2) is 53.1 Å². The standard InChI is InChI=1S/C23H25N3O3/c1-3-17-10-6-7-14-26(17)23(27)20-13-5-4-12-19(20)22-24-21(25-29-22)16-9-8-11-18(15-16)28-2/h4-5,8-9,11-13,15,17H,3,6-7,10,14H2,1-2H3/t17-/m1/s1. The van der Waals surface area contributed by atoms with Crippen molar-refractivity contribution >= 4 is 5.91 Å². The summed E-state index contributed by atoms with van der Waals surface area (Å²) in [7, 11) is 1.62. The zero-order valence-corrected chi connectivity index (χ0v) is 16.8. The van der Waals surface area contributed by atoms with Crippen LogP contribution in [0.1, 0.15) is 43.0 Å². The molecule has 1 aliphatic rings. The third-order valence-corrected chi connectivity index (χ3v) is 5.50. The molecule has 2 aromatic carbocycles. The van der Waals surface area contributed by atoms with Crippen molar-refractivity contribution in [2.75, 3.05) is 13.7 Å². The van der Waals surface area contributed by atoms with Crippen LogP contribution >= 0.6 is 0 Å². The smallest absolute Gasteiger partial charge is 0.259 e. The quantitative estimate of drug-likeness (QED) is 0.624. The summed E-state index contributed by atoms with van der Waals surface area (Å²) in [6, 6.07) is 15.2. The van der Waals surface area contributed by atoms with Crippen LogP contribution in [-0.2, 0) is 0 Å². The van der Waals surface area contributed by atoms with Gasteiger partial charge in [-0.25, -0.2) is 0 Å². The minimum Gasteiger partial charge on any atom is -0.497 e. The fraction of sp³-hybridized carbons (Fsp3) is 0.348. The maximum absolute atomic E-state index is 13.3. The first-order valence-corrected chi connectivity index (χ1v) is 10.1. The van der Waals surface area contributed by atoms with E-state index in [9.17, 15) is 4.79 Å². The van der Waals surface area contributed by atoms with Gasteiger partial charge in [-0.05, 0) is 49.9 Å². The van der Waals surface area contributed by atoms with E-state index in [1.165, 1.54) is 6.42 Å². The maximum Gasteiger partial charge on any atom is 0.259 e. The third kappa shape index (κ3) is 3.88. The molecular weight excluding hydrogens is 366 g/mol. The van der Waals surface area contributed by atoms with Crippen molar-refractivity contribution in [3.63, 3.8) is 0 Å². The van der Waals surface area contributed by atoms with E-state index in [0.717, 1.165) is 37.1 Å². The number of aromatic nitrogens is 2. The lowest BCUT2D eigenvalue weighted by molar-refractivity contribution is 0.0608. The van der Waals surface area contributed by atoms with Crippen LogP contribution in [0.2, 0.25) is 0 Å². The lowest BCUT2D eigenvalue weighted by atomic mass is 9.97. The normalized spacial score (nSPS) is 16.6. The number of methoxy groups -OCH3 is 1. The van der Waals surface area contributed by atoms with Crippen molar-refractivity contribution in [1.82, 2.24) is 15.0 Å². The van der Waals surface area contributed by atoms with Crippen molar-refractivity contribution < 1.29 is 14.1 Å². The van der Waals surface area contributed by atoms with Crippen LogP contribution in [0.4, 0.5) is 0 Å². The van der Waals surface area contributed by atoms with Gasteiger partial charge in [0.2, 0.25) is 5.82 Å². The molecule has 6 heteroatoms. The molecular formula is C23H25N3O3. The third-order valence-electron chi connectivity index (χ3n) is 5.50. The largest absolute Gasteiger partial charge is 0.497 e. The minimum atomic E-state index is 0.0354. The zero-order valence-electron chi connectivity index (χ0n) is 16.8. The molecule has 1 saturated heterocycles. The van der Waals surface area contributed by atoms with Crippen molar-refractivity contribution in [3.05, 3.63) is 54.1 Å². The van der Waals surface area contributed by atoms with Gasteiger partial charge < -0.3 is 14.2 Å². The maximum atomic E-state index is 13.3. The lowest BCUT2D eigenvalue weighted by Crippen LogP contribution is -2.43. The predicted octanol–water partition coefficient (Wildman–Crippen LogP) is 4.82. The van der Waals surface area contributed by atoms with Crippen molar-refractivity contribution in [1.29, 1.82) is 0 Å². The number of hydrogen-bond donors (Lipinski definition) is 0. The number of likely N-dealkylation sites (tertiary alicyclic amines) is 1. The summed E-state index contributed by atoms with van der Waals surface area (Å²) in [5.74, 6) is 1.57. The zero-order chi connectivity index (χ0) is 20.2. The molecule has 0 unspecified atom stereocenters. The molecule has 6 nitrogen and oxygen atoms in total. The molecule has 0 N–H and O–H groups in total. The molecule has 1 aliphatic heterocycles. The molecule has 4 rings (SSSR count). The van der Waals surface area contributed by atoms with Gasteiger partial charge in [0.25, 0.3) is 11.8 Å². The number of benzene rings is 2. The highest BCUT2D eigenvalue weighted by molar-refractivity contribution is 6.00. The molecule has 3 aromatic rings. The van der Waals surface area contributed by atoms with Crippen LogP contribution in [0.5, 0.6) is 5.75 Å². The Morgan fingerprint density at radius 3 is 2.90 bits per heavy atom. The van der Waals surface area contributed by atoms with E-state index in [1.807, 2.05) is 53.4 Å². The molecule has 0 saturated carbocycles. The second-order valence-corrected chi connectivity index (χ2v) is 7.26. The molecule has 1 fully saturated rings. The fourth-order valence-electron chi connectivity index (χ4n) is 3.92. The van der Waals surface area contributed by atoms with Gasteiger partial charge in [-0.1, -0.05) is 36.3 Å². The molecule has 0 spiro atoms. The Balaban J connectivity index is 1.67. The summed E-state index contributed by atoms with van der Waals surface area (Å²) in [5.41, 5.74) is 2.07. The molecule has 0 bridgehead atoms. The number of carbonyl (C=O) groups excluding carboxylic acids is 1. The van der Waals surface area contributed by atoms with Crippen LogP contribution < -0.4 is 4.74 Å². The lowest BCUT2D eigenvalue weighted by Gasteiger charge is -2.35. The van der Waals surface area contributed by atoms with Crippen molar-refractivity contribution in [2.24, 2.45) is 0 Å². The van der Waals surface area contributed by atoms with Gasteiger partial charge in [0, 0.05) is 18.2 Å². The molecule has 1 aromatic heterocycles. The summed E-state index contributed by atoms with van der Waals surface area (Å²) in [5, 5.41) is 4.12. The summed E-state index contributed by atoms with van der Waals surface area (Å²) >= 11 is 0. The summed E-state index contributed by atoms with van der Waals surface area (Å²) < 4.78 is 10.8. The number of ether oxygens (including phenoxy) is 1. The van der Waals surface area contributed by atoms with Crippen LogP contribution in [0, 0.1) is 0 Å². The summed E-state index contributed by atoms with van der Waals surface area (Å²) in [6.07, 6.45) is 4.25. The number of piperidine rings is 1. The van der Waals surface area contributed by atoms with E-state index in [4.69, 9.17) is 9.26 Å². The SMILES string of the molecule is CC[C@@H]1CCCCN1C(=O)c1ccccc1-c1nc(-c2cccc(OC)c2)no1. The fourth-order valence-corrected chi connectivity index (χ4v) is 3.92. The van der Waals surface area contributed by atoms with E-state index in [1.54, 1.807) is 7.11 Å². The summed E-state index contributed by atoms with van der Waals surface area (Å²) in [4.78, 5) is 19.9. The Bertz CT molecular complexity index is 998. The molecule has 29 heavy (non-hydrogen) atoms. The van der Waals surface area contributed by atoms with E-state index < -0.39 is 0 Å². The molecule has 0 radical (unpaired) electrons. The highest BCUT2D eigenvalue weighted by Crippen LogP contribution is 2.29.